The number of hydrogen-bond acceptors (Lipinski definition) is 5. The fourth-order valence-electron chi connectivity index (χ4n) is 2.71. The van der Waals surface area contributed by atoms with Gasteiger partial charge in [-0.3, -0.25) is 0 Å². The van der Waals surface area contributed by atoms with Crippen molar-refractivity contribution in [3.05, 3.63) is 61.6 Å². The Morgan fingerprint density at radius 1 is 1.30 bits per heavy atom. The summed E-state index contributed by atoms with van der Waals surface area (Å²) in [6.45, 7) is 5.87. The summed E-state index contributed by atoms with van der Waals surface area (Å²) in [6, 6.07) is 10.2. The van der Waals surface area contributed by atoms with Gasteiger partial charge in [-0.1, -0.05) is 6.92 Å². The third-order valence-corrected chi connectivity index (χ3v) is 5.57. The summed E-state index contributed by atoms with van der Waals surface area (Å²) in [7, 11) is 0. The molecule has 0 atom stereocenters. The Morgan fingerprint density at radius 2 is 2.00 bits per heavy atom. The first kappa shape index (κ1) is 19.7. The van der Waals surface area contributed by atoms with E-state index >= 15 is 0 Å². The number of carboxylic acids is 1. The van der Waals surface area contributed by atoms with Crippen LogP contribution in [0.5, 0.6) is 0 Å². The third-order valence-electron chi connectivity index (χ3n) is 4.00. The highest BCUT2D eigenvalue weighted by Gasteiger charge is 2.17. The van der Waals surface area contributed by atoms with Gasteiger partial charge in [0, 0.05) is 27.1 Å². The van der Waals surface area contributed by atoms with Gasteiger partial charge in [-0.2, -0.15) is 0 Å². The average Bonchev–Trinajstić information content (AvgIpc) is 3.20. The molecule has 1 N–H and O–H groups in total. The smallest absolute Gasteiger partial charge is 0.342 e. The summed E-state index contributed by atoms with van der Waals surface area (Å²) in [5.74, 6) is -0.547. The standard InChI is InChI=1S/C19H18IN3O3S/c1-4-17-21-22-19(26-17)27-16(18(24)25)10-13-9-11(2)23(12(13)3)15-7-5-14(20)6-8-15/h5-10H,4H2,1-3H3,(H,24,25)/b16-10-. The van der Waals surface area contributed by atoms with Crippen molar-refractivity contribution in [1.82, 2.24) is 14.8 Å². The molecule has 8 heteroatoms. The second-order valence-corrected chi connectivity index (χ2v) is 8.11. The van der Waals surface area contributed by atoms with Crippen LogP contribution in [0.15, 0.2) is 44.9 Å². The zero-order valence-corrected chi connectivity index (χ0v) is 18.0. The van der Waals surface area contributed by atoms with Crippen LogP contribution >= 0.6 is 34.4 Å². The van der Waals surface area contributed by atoms with Crippen LogP contribution in [0.4, 0.5) is 0 Å². The maximum atomic E-state index is 11.7. The van der Waals surface area contributed by atoms with E-state index in [4.69, 9.17) is 4.42 Å². The van der Waals surface area contributed by atoms with Gasteiger partial charge in [-0.05, 0) is 90.2 Å². The molecule has 2 aromatic heterocycles. The number of rotatable bonds is 6. The van der Waals surface area contributed by atoms with Gasteiger partial charge in [0.05, 0.1) is 0 Å². The van der Waals surface area contributed by atoms with Crippen molar-refractivity contribution in [3.63, 3.8) is 0 Å². The highest BCUT2D eigenvalue weighted by molar-refractivity contribution is 14.1. The number of nitrogens with zero attached hydrogens (tertiary/aromatic N) is 3. The lowest BCUT2D eigenvalue weighted by Crippen LogP contribution is -2.00. The van der Waals surface area contributed by atoms with Crippen molar-refractivity contribution in [2.45, 2.75) is 32.4 Å². The molecule has 2 heterocycles. The number of aryl methyl sites for hydroxylation is 2. The Labute approximate surface area is 174 Å². The molecule has 6 nitrogen and oxygen atoms in total. The minimum absolute atomic E-state index is 0.129. The fourth-order valence-corrected chi connectivity index (χ4v) is 3.75. The molecule has 0 fully saturated rings. The monoisotopic (exact) mass is 495 g/mol. The maximum Gasteiger partial charge on any atom is 0.342 e. The van der Waals surface area contributed by atoms with Crippen LogP contribution in [0.25, 0.3) is 11.8 Å². The predicted octanol–water partition coefficient (Wildman–Crippen LogP) is 4.86. The SMILES string of the molecule is CCc1nnc(S/C(=C\c2cc(C)n(-c3ccc(I)cc3)c2C)C(=O)O)o1. The molecule has 27 heavy (non-hydrogen) atoms. The summed E-state index contributed by atoms with van der Waals surface area (Å²) < 4.78 is 8.69. The van der Waals surface area contributed by atoms with Gasteiger partial charge in [0.15, 0.2) is 0 Å². The van der Waals surface area contributed by atoms with Gasteiger partial charge in [0.25, 0.3) is 5.22 Å². The molecule has 0 radical (unpaired) electrons. The van der Waals surface area contributed by atoms with Crippen LogP contribution < -0.4 is 0 Å². The van der Waals surface area contributed by atoms with E-state index in [9.17, 15) is 9.90 Å². The summed E-state index contributed by atoms with van der Waals surface area (Å²) in [5.41, 5.74) is 3.87. The van der Waals surface area contributed by atoms with Crippen molar-refractivity contribution in [2.24, 2.45) is 0 Å². The summed E-state index contributed by atoms with van der Waals surface area (Å²) in [6.07, 6.45) is 2.26. The lowest BCUT2D eigenvalue weighted by molar-refractivity contribution is -0.131. The largest absolute Gasteiger partial charge is 0.477 e. The van der Waals surface area contributed by atoms with E-state index in [1.54, 1.807) is 6.08 Å². The first-order valence-corrected chi connectivity index (χ1v) is 10.2. The Bertz CT molecular complexity index is 1010. The van der Waals surface area contributed by atoms with E-state index in [1.807, 2.05) is 51.1 Å². The normalized spacial score (nSPS) is 11.8. The van der Waals surface area contributed by atoms with E-state index < -0.39 is 5.97 Å². The van der Waals surface area contributed by atoms with Crippen LogP contribution in [0, 0.1) is 17.4 Å². The highest BCUT2D eigenvalue weighted by Crippen LogP contribution is 2.30. The van der Waals surface area contributed by atoms with Gasteiger partial charge >= 0.3 is 5.97 Å². The molecule has 0 aliphatic heterocycles. The van der Waals surface area contributed by atoms with E-state index in [1.165, 1.54) is 0 Å². The zero-order valence-electron chi connectivity index (χ0n) is 15.1. The van der Waals surface area contributed by atoms with Crippen LogP contribution in [0.1, 0.15) is 29.8 Å². The average molecular weight is 495 g/mol. The van der Waals surface area contributed by atoms with Gasteiger partial charge < -0.3 is 14.1 Å². The molecule has 0 bridgehead atoms. The predicted molar refractivity (Wildman–Crippen MR) is 113 cm³/mol. The first-order chi connectivity index (χ1) is 12.9. The number of aromatic nitrogens is 3. The molecule has 1 aromatic carbocycles. The summed E-state index contributed by atoms with van der Waals surface area (Å²) in [5, 5.41) is 17.6. The zero-order chi connectivity index (χ0) is 19.6. The minimum atomic E-state index is -1.03. The Morgan fingerprint density at radius 3 is 2.59 bits per heavy atom. The van der Waals surface area contributed by atoms with Gasteiger partial charge in [-0.25, -0.2) is 4.79 Å². The Hall–Kier alpha value is -2.07. The second-order valence-electron chi connectivity index (χ2n) is 5.87. The van der Waals surface area contributed by atoms with Crippen LogP contribution in [-0.4, -0.2) is 25.8 Å². The first-order valence-electron chi connectivity index (χ1n) is 8.29. The number of carbonyl (C=O) groups is 1. The minimum Gasteiger partial charge on any atom is -0.477 e. The molecule has 0 saturated heterocycles. The number of halogens is 1. The molecular formula is C19H18IN3O3S. The summed E-state index contributed by atoms with van der Waals surface area (Å²) >= 11 is 3.23. The quantitative estimate of drug-likeness (QED) is 0.299. The number of aliphatic carboxylic acids is 1. The van der Waals surface area contributed by atoms with Crippen molar-refractivity contribution < 1.29 is 14.3 Å². The van der Waals surface area contributed by atoms with E-state index in [0.29, 0.717) is 12.3 Å². The lowest BCUT2D eigenvalue weighted by atomic mass is 10.2. The lowest BCUT2D eigenvalue weighted by Gasteiger charge is -2.09. The van der Waals surface area contributed by atoms with Crippen LogP contribution in [0.2, 0.25) is 0 Å². The van der Waals surface area contributed by atoms with E-state index in [-0.39, 0.29) is 10.1 Å². The molecule has 0 aliphatic carbocycles. The summed E-state index contributed by atoms with van der Waals surface area (Å²) in [4.78, 5) is 11.8. The number of thioether (sulfide) groups is 1. The molecule has 140 valence electrons. The van der Waals surface area contributed by atoms with Gasteiger partial charge in [-0.15, -0.1) is 10.2 Å². The Balaban J connectivity index is 1.97. The number of carboxylic acid groups (broad SMARTS) is 1. The van der Waals surface area contributed by atoms with Crippen molar-refractivity contribution in [2.75, 3.05) is 0 Å². The van der Waals surface area contributed by atoms with Crippen molar-refractivity contribution >= 4 is 46.4 Å². The molecule has 3 rings (SSSR count). The van der Waals surface area contributed by atoms with E-state index in [0.717, 1.165) is 38.0 Å². The molecule has 0 unspecified atom stereocenters. The van der Waals surface area contributed by atoms with Crippen LogP contribution in [0.3, 0.4) is 0 Å². The number of hydrogen-bond donors (Lipinski definition) is 1. The van der Waals surface area contributed by atoms with Gasteiger partial charge in [0.2, 0.25) is 5.89 Å². The fraction of sp³-hybridized carbons (Fsp3) is 0.211. The van der Waals surface area contributed by atoms with Crippen molar-refractivity contribution in [1.29, 1.82) is 0 Å². The molecular weight excluding hydrogens is 477 g/mol. The molecule has 0 saturated carbocycles. The number of benzene rings is 1. The van der Waals surface area contributed by atoms with Crippen LogP contribution in [-0.2, 0) is 11.2 Å². The molecule has 0 amide bonds. The maximum absolute atomic E-state index is 11.7. The molecule has 0 aliphatic rings. The topological polar surface area (TPSA) is 81.2 Å². The van der Waals surface area contributed by atoms with Crippen molar-refractivity contribution in [3.8, 4) is 5.69 Å². The van der Waals surface area contributed by atoms with E-state index in [2.05, 4.69) is 37.4 Å². The molecule has 3 aromatic rings. The highest BCUT2D eigenvalue weighted by atomic mass is 127. The molecule has 0 spiro atoms. The van der Waals surface area contributed by atoms with Gasteiger partial charge in [0.1, 0.15) is 4.91 Å². The third kappa shape index (κ3) is 4.44. The Kier molecular flexibility index (Phi) is 6.05. The second kappa shape index (κ2) is 8.30.